The SMILES string of the molecule is CC(C)[C@@]1(C)CN1. The van der Waals surface area contributed by atoms with Crippen molar-refractivity contribution in [3.8, 4) is 0 Å². The van der Waals surface area contributed by atoms with E-state index in [1.165, 1.54) is 6.54 Å². The van der Waals surface area contributed by atoms with Gasteiger partial charge in [0.25, 0.3) is 0 Å². The molecule has 0 amide bonds. The van der Waals surface area contributed by atoms with Gasteiger partial charge in [0.1, 0.15) is 0 Å². The van der Waals surface area contributed by atoms with Crippen molar-refractivity contribution >= 4 is 0 Å². The second kappa shape index (κ2) is 1.22. The third-order valence-electron chi connectivity index (χ3n) is 2.01. The highest BCUT2D eigenvalue weighted by Crippen LogP contribution is 2.24. The molecule has 1 heterocycles. The first-order valence-corrected chi connectivity index (χ1v) is 2.90. The van der Waals surface area contributed by atoms with E-state index in [1.807, 2.05) is 0 Å². The monoisotopic (exact) mass is 99.1 g/mol. The summed E-state index contributed by atoms with van der Waals surface area (Å²) >= 11 is 0. The van der Waals surface area contributed by atoms with Gasteiger partial charge in [0.15, 0.2) is 0 Å². The van der Waals surface area contributed by atoms with Crippen molar-refractivity contribution in [3.05, 3.63) is 0 Å². The zero-order valence-electron chi connectivity index (χ0n) is 5.28. The van der Waals surface area contributed by atoms with E-state index in [-0.39, 0.29) is 0 Å². The summed E-state index contributed by atoms with van der Waals surface area (Å²) in [6.45, 7) is 7.97. The smallest absolute Gasteiger partial charge is 0.0301 e. The molecular formula is C6H13N. The molecule has 1 heteroatoms. The topological polar surface area (TPSA) is 21.9 Å². The molecule has 42 valence electrons. The third kappa shape index (κ3) is 0.778. The van der Waals surface area contributed by atoms with Crippen LogP contribution in [0.5, 0.6) is 0 Å². The van der Waals surface area contributed by atoms with Gasteiger partial charge in [-0.15, -0.1) is 0 Å². The highest BCUT2D eigenvalue weighted by molar-refractivity contribution is 5.01. The van der Waals surface area contributed by atoms with Crippen LogP contribution in [0, 0.1) is 5.92 Å². The Morgan fingerprint density at radius 2 is 2.00 bits per heavy atom. The van der Waals surface area contributed by atoms with Gasteiger partial charge in [0.2, 0.25) is 0 Å². The lowest BCUT2D eigenvalue weighted by atomic mass is 9.99. The van der Waals surface area contributed by atoms with Crippen molar-refractivity contribution in [1.29, 1.82) is 0 Å². The van der Waals surface area contributed by atoms with Crippen LogP contribution >= 0.6 is 0 Å². The first kappa shape index (κ1) is 5.10. The minimum atomic E-state index is 0.500. The van der Waals surface area contributed by atoms with E-state index in [1.54, 1.807) is 0 Å². The van der Waals surface area contributed by atoms with Gasteiger partial charge in [-0.3, -0.25) is 0 Å². The minimum Gasteiger partial charge on any atom is -0.308 e. The molecule has 0 unspecified atom stereocenters. The van der Waals surface area contributed by atoms with Crippen LogP contribution in [0.2, 0.25) is 0 Å². The summed E-state index contributed by atoms with van der Waals surface area (Å²) in [7, 11) is 0. The Bertz CT molecular complexity index is 72.2. The van der Waals surface area contributed by atoms with E-state index < -0.39 is 0 Å². The van der Waals surface area contributed by atoms with Gasteiger partial charge in [0, 0.05) is 12.1 Å². The first-order valence-electron chi connectivity index (χ1n) is 2.90. The van der Waals surface area contributed by atoms with Gasteiger partial charge in [-0.2, -0.15) is 0 Å². The summed E-state index contributed by atoms with van der Waals surface area (Å²) in [5.74, 6) is 0.799. The number of hydrogen-bond acceptors (Lipinski definition) is 1. The molecule has 0 spiro atoms. The molecule has 0 aliphatic carbocycles. The molecule has 1 rings (SSSR count). The lowest BCUT2D eigenvalue weighted by molar-refractivity contribution is 0.490. The standard InChI is InChI=1S/C6H13N/c1-5(2)6(3)4-7-6/h5,7H,4H2,1-3H3/t6-/m1/s1. The molecule has 1 aliphatic rings. The van der Waals surface area contributed by atoms with E-state index in [9.17, 15) is 0 Å². The lowest BCUT2D eigenvalue weighted by Crippen LogP contribution is -2.17. The lowest BCUT2D eigenvalue weighted by Gasteiger charge is -2.08. The molecule has 1 nitrogen and oxygen atoms in total. The second-order valence-corrected chi connectivity index (χ2v) is 2.93. The summed E-state index contributed by atoms with van der Waals surface area (Å²) in [4.78, 5) is 0. The molecule has 0 saturated carbocycles. The molecule has 0 aromatic carbocycles. The molecule has 0 radical (unpaired) electrons. The van der Waals surface area contributed by atoms with Crippen LogP contribution in [0.25, 0.3) is 0 Å². The summed E-state index contributed by atoms with van der Waals surface area (Å²) < 4.78 is 0. The molecule has 1 atom stereocenters. The highest BCUT2D eigenvalue weighted by atomic mass is 15.2. The van der Waals surface area contributed by atoms with Gasteiger partial charge >= 0.3 is 0 Å². The van der Waals surface area contributed by atoms with Crippen molar-refractivity contribution in [2.45, 2.75) is 26.3 Å². The molecule has 0 aromatic rings. The zero-order valence-corrected chi connectivity index (χ0v) is 5.28. The van der Waals surface area contributed by atoms with Gasteiger partial charge in [0.05, 0.1) is 0 Å². The average molecular weight is 99.2 g/mol. The molecule has 0 bridgehead atoms. The maximum Gasteiger partial charge on any atom is 0.0301 e. The molecule has 1 aliphatic heterocycles. The molecule has 0 aromatic heterocycles. The fraction of sp³-hybridized carbons (Fsp3) is 1.00. The normalized spacial score (nSPS) is 39.4. The fourth-order valence-corrected chi connectivity index (χ4v) is 0.548. The van der Waals surface area contributed by atoms with Crippen LogP contribution in [0.4, 0.5) is 0 Å². The minimum absolute atomic E-state index is 0.500. The quantitative estimate of drug-likeness (QED) is 0.487. The summed E-state index contributed by atoms with van der Waals surface area (Å²) in [5, 5.41) is 3.31. The van der Waals surface area contributed by atoms with Crippen LogP contribution < -0.4 is 5.32 Å². The van der Waals surface area contributed by atoms with Crippen LogP contribution in [0.15, 0.2) is 0 Å². The molecule has 1 saturated heterocycles. The highest BCUT2D eigenvalue weighted by Gasteiger charge is 2.39. The van der Waals surface area contributed by atoms with Crippen molar-refractivity contribution < 1.29 is 0 Å². The van der Waals surface area contributed by atoms with Gasteiger partial charge in [-0.05, 0) is 12.8 Å². The first-order chi connectivity index (χ1) is 3.15. The Kier molecular flexibility index (Phi) is 0.890. The molecular weight excluding hydrogens is 86.1 g/mol. The maximum atomic E-state index is 3.31. The van der Waals surface area contributed by atoms with Gasteiger partial charge in [-0.25, -0.2) is 0 Å². The summed E-state index contributed by atoms with van der Waals surface area (Å²) in [6.07, 6.45) is 0. The zero-order chi connectivity index (χ0) is 5.49. The Labute approximate surface area is 45.1 Å². The fourth-order valence-electron chi connectivity index (χ4n) is 0.548. The maximum absolute atomic E-state index is 3.31. The summed E-state index contributed by atoms with van der Waals surface area (Å²) in [5.41, 5.74) is 0.500. The molecule has 7 heavy (non-hydrogen) atoms. The third-order valence-corrected chi connectivity index (χ3v) is 2.01. The number of hydrogen-bond donors (Lipinski definition) is 1. The Hall–Kier alpha value is -0.0400. The van der Waals surface area contributed by atoms with Crippen molar-refractivity contribution in [1.82, 2.24) is 5.32 Å². The Balaban J connectivity index is 2.39. The van der Waals surface area contributed by atoms with Crippen molar-refractivity contribution in [2.24, 2.45) is 5.92 Å². The largest absolute Gasteiger partial charge is 0.308 e. The molecule has 1 fully saturated rings. The predicted molar refractivity (Wildman–Crippen MR) is 31.2 cm³/mol. The Morgan fingerprint density at radius 1 is 1.57 bits per heavy atom. The molecule has 1 N–H and O–H groups in total. The van der Waals surface area contributed by atoms with Crippen LogP contribution in [-0.4, -0.2) is 12.1 Å². The van der Waals surface area contributed by atoms with Crippen molar-refractivity contribution in [2.75, 3.05) is 6.54 Å². The average Bonchev–Trinajstić information content (AvgIpc) is 2.21. The van der Waals surface area contributed by atoms with Crippen LogP contribution in [0.1, 0.15) is 20.8 Å². The van der Waals surface area contributed by atoms with Crippen LogP contribution in [0.3, 0.4) is 0 Å². The van der Waals surface area contributed by atoms with E-state index in [4.69, 9.17) is 0 Å². The second-order valence-electron chi connectivity index (χ2n) is 2.93. The van der Waals surface area contributed by atoms with E-state index >= 15 is 0 Å². The van der Waals surface area contributed by atoms with Crippen molar-refractivity contribution in [3.63, 3.8) is 0 Å². The van der Waals surface area contributed by atoms with Gasteiger partial charge in [-0.1, -0.05) is 13.8 Å². The number of nitrogens with one attached hydrogen (secondary N) is 1. The summed E-state index contributed by atoms with van der Waals surface area (Å²) in [6, 6.07) is 0. The Morgan fingerprint density at radius 3 is 2.00 bits per heavy atom. The number of rotatable bonds is 1. The van der Waals surface area contributed by atoms with E-state index in [0.717, 1.165) is 5.92 Å². The van der Waals surface area contributed by atoms with E-state index in [2.05, 4.69) is 26.1 Å². The van der Waals surface area contributed by atoms with Gasteiger partial charge < -0.3 is 5.32 Å². The predicted octanol–water partition coefficient (Wildman–Crippen LogP) is 1.00. The van der Waals surface area contributed by atoms with Crippen LogP contribution in [-0.2, 0) is 0 Å². The van der Waals surface area contributed by atoms with E-state index in [0.29, 0.717) is 5.54 Å².